The normalized spacial score (nSPS) is 15.2. The molecule has 3 aromatic rings. The van der Waals surface area contributed by atoms with Gasteiger partial charge in [-0.15, -0.1) is 0 Å². The Bertz CT molecular complexity index is 1050. The number of pyridine rings is 1. The fourth-order valence-electron chi connectivity index (χ4n) is 3.03. The van der Waals surface area contributed by atoms with E-state index in [1.165, 1.54) is 6.07 Å². The second-order valence-electron chi connectivity index (χ2n) is 5.95. The molecule has 0 amide bonds. The van der Waals surface area contributed by atoms with Crippen molar-refractivity contribution in [2.75, 3.05) is 10.5 Å². The van der Waals surface area contributed by atoms with Gasteiger partial charge >= 0.3 is 10.0 Å². The third-order valence-electron chi connectivity index (χ3n) is 4.29. The van der Waals surface area contributed by atoms with Crippen LogP contribution in [0.1, 0.15) is 0 Å². The number of hydrogen-bond acceptors (Lipinski definition) is 2. The van der Waals surface area contributed by atoms with Crippen LogP contribution in [0, 0.1) is 5.82 Å². The average molecular weight is 355 g/mol. The summed E-state index contributed by atoms with van der Waals surface area (Å²) >= 11 is 0. The van der Waals surface area contributed by atoms with Crippen LogP contribution in [0.25, 0.3) is 22.3 Å². The quantitative estimate of drug-likeness (QED) is 0.718. The van der Waals surface area contributed by atoms with Crippen LogP contribution in [-0.4, -0.2) is 14.2 Å². The van der Waals surface area contributed by atoms with Crippen molar-refractivity contribution in [2.24, 2.45) is 0 Å². The van der Waals surface area contributed by atoms with Crippen molar-refractivity contribution < 1.29 is 17.4 Å². The summed E-state index contributed by atoms with van der Waals surface area (Å²) in [5.74, 6) is 0.0315. The minimum Gasteiger partial charge on any atom is -0.232 e. The molecule has 0 saturated carbocycles. The van der Waals surface area contributed by atoms with Gasteiger partial charge in [0.15, 0.2) is 0 Å². The number of nitrogens with one attached hydrogen (secondary N) is 1. The van der Waals surface area contributed by atoms with Gasteiger partial charge in [-0.3, -0.25) is 0 Å². The molecule has 0 saturated heterocycles. The van der Waals surface area contributed by atoms with Crippen LogP contribution < -0.4 is 9.29 Å². The first kappa shape index (κ1) is 15.8. The van der Waals surface area contributed by atoms with Crippen LogP contribution in [0.3, 0.4) is 0 Å². The van der Waals surface area contributed by atoms with Gasteiger partial charge in [0.1, 0.15) is 18.1 Å². The number of anilines is 1. The Labute approximate surface area is 145 Å². The number of aromatic nitrogens is 1. The molecule has 6 heteroatoms. The van der Waals surface area contributed by atoms with Crippen LogP contribution in [0.4, 0.5) is 10.2 Å². The summed E-state index contributed by atoms with van der Waals surface area (Å²) in [5.41, 5.74) is 2.61. The maximum atomic E-state index is 14.8. The van der Waals surface area contributed by atoms with E-state index in [0.717, 1.165) is 11.1 Å². The number of nitrogens with zero attached hydrogens (tertiary/aromatic N) is 1. The Kier molecular flexibility index (Phi) is 3.77. The van der Waals surface area contributed by atoms with Crippen LogP contribution in [0.5, 0.6) is 0 Å². The zero-order valence-corrected chi connectivity index (χ0v) is 14.1. The van der Waals surface area contributed by atoms with Crippen molar-refractivity contribution in [2.45, 2.75) is 6.54 Å². The van der Waals surface area contributed by atoms with Gasteiger partial charge in [0.05, 0.1) is 11.8 Å². The van der Waals surface area contributed by atoms with Gasteiger partial charge in [0.2, 0.25) is 0 Å². The topological polar surface area (TPSA) is 50.1 Å². The van der Waals surface area contributed by atoms with Crippen molar-refractivity contribution in [1.29, 1.82) is 0 Å². The van der Waals surface area contributed by atoms with E-state index in [4.69, 9.17) is 0 Å². The molecule has 0 bridgehead atoms. The summed E-state index contributed by atoms with van der Waals surface area (Å²) < 4.78 is 42.9. The molecule has 1 aliphatic heterocycles. The van der Waals surface area contributed by atoms with E-state index in [2.05, 4.69) is 4.72 Å². The highest BCUT2D eigenvalue weighted by molar-refractivity contribution is 7.92. The molecule has 0 fully saturated rings. The smallest absolute Gasteiger partial charge is 0.232 e. The Morgan fingerprint density at radius 3 is 2.48 bits per heavy atom. The first-order valence-corrected chi connectivity index (χ1v) is 9.57. The summed E-state index contributed by atoms with van der Waals surface area (Å²) in [4.78, 5) is 0. The van der Waals surface area contributed by atoms with Gasteiger partial charge in [0.25, 0.3) is 5.82 Å². The lowest BCUT2D eigenvalue weighted by Crippen LogP contribution is -2.47. The second kappa shape index (κ2) is 5.97. The van der Waals surface area contributed by atoms with E-state index in [1.54, 1.807) is 29.0 Å². The molecule has 0 spiro atoms. The van der Waals surface area contributed by atoms with Gasteiger partial charge in [-0.1, -0.05) is 42.5 Å². The molecule has 2 aromatic carbocycles. The van der Waals surface area contributed by atoms with Gasteiger partial charge in [-0.05, 0) is 29.3 Å². The number of hydrogen-bond donors (Lipinski definition) is 1. The zero-order chi connectivity index (χ0) is 17.4. The van der Waals surface area contributed by atoms with E-state index in [9.17, 15) is 12.8 Å². The lowest BCUT2D eigenvalue weighted by Gasteiger charge is -2.16. The number of sulfonamides is 1. The number of benzene rings is 2. The Morgan fingerprint density at radius 2 is 1.72 bits per heavy atom. The largest absolute Gasteiger partial charge is 0.302 e. The van der Waals surface area contributed by atoms with E-state index < -0.39 is 10.0 Å². The summed E-state index contributed by atoms with van der Waals surface area (Å²) in [6, 6.07) is 18.1. The van der Waals surface area contributed by atoms with E-state index in [0.29, 0.717) is 23.5 Å². The molecule has 0 aliphatic carbocycles. The van der Waals surface area contributed by atoms with Crippen LogP contribution in [0.15, 0.2) is 66.9 Å². The summed E-state index contributed by atoms with van der Waals surface area (Å²) in [6.45, 7) is 0.349. The standard InChI is InChI=1S/C19H15FN2O2S/c20-18-13-15(14-5-2-1-3-6-14)8-9-16(18)17-7-4-10-22-11-12-25(23,24)21-19(17)22/h1-10,13H,11-12H2/p+1. The van der Waals surface area contributed by atoms with Crippen molar-refractivity contribution in [3.05, 3.63) is 72.7 Å². The molecule has 1 aliphatic rings. The first-order chi connectivity index (χ1) is 12.0. The predicted molar refractivity (Wildman–Crippen MR) is 94.9 cm³/mol. The van der Waals surface area contributed by atoms with E-state index >= 15 is 0 Å². The molecule has 25 heavy (non-hydrogen) atoms. The van der Waals surface area contributed by atoms with Crippen LogP contribution >= 0.6 is 0 Å². The van der Waals surface area contributed by atoms with Gasteiger partial charge in [0, 0.05) is 5.56 Å². The number of aryl methyl sites for hydroxylation is 1. The number of rotatable bonds is 2. The second-order valence-corrected chi connectivity index (χ2v) is 7.79. The molecule has 2 heterocycles. The monoisotopic (exact) mass is 355 g/mol. The molecule has 1 N–H and O–H groups in total. The predicted octanol–water partition coefficient (Wildman–Crippen LogP) is 3.20. The molecule has 0 radical (unpaired) electrons. The maximum Gasteiger partial charge on any atom is 0.302 e. The lowest BCUT2D eigenvalue weighted by atomic mass is 10.00. The van der Waals surface area contributed by atoms with Crippen molar-refractivity contribution in [3.63, 3.8) is 0 Å². The Balaban J connectivity index is 1.82. The SMILES string of the molecule is O=S1(=O)CC[n+]2cccc(-c3ccc(-c4ccccc4)cc3F)c2N1. The average Bonchev–Trinajstić information content (AvgIpc) is 2.61. The zero-order valence-electron chi connectivity index (χ0n) is 13.3. The van der Waals surface area contributed by atoms with Crippen LogP contribution in [0.2, 0.25) is 0 Å². The van der Waals surface area contributed by atoms with Gasteiger partial charge < -0.3 is 0 Å². The molecule has 0 unspecified atom stereocenters. The molecular formula is C19H16FN2O2S+. The highest BCUT2D eigenvalue weighted by Crippen LogP contribution is 2.32. The first-order valence-electron chi connectivity index (χ1n) is 7.92. The molecule has 4 nitrogen and oxygen atoms in total. The maximum absolute atomic E-state index is 14.8. The summed E-state index contributed by atoms with van der Waals surface area (Å²) in [6.07, 6.45) is 1.79. The summed E-state index contributed by atoms with van der Waals surface area (Å²) in [7, 11) is -3.38. The Morgan fingerprint density at radius 1 is 0.920 bits per heavy atom. The third kappa shape index (κ3) is 3.00. The molecule has 0 atom stereocenters. The fraction of sp³-hybridized carbons (Fsp3) is 0.105. The van der Waals surface area contributed by atoms with Crippen LogP contribution in [-0.2, 0) is 16.6 Å². The number of fused-ring (bicyclic) bond motifs is 1. The molecular weight excluding hydrogens is 339 g/mol. The highest BCUT2D eigenvalue weighted by atomic mass is 32.2. The van der Waals surface area contributed by atoms with Crippen molar-refractivity contribution in [3.8, 4) is 22.3 Å². The van der Waals surface area contributed by atoms with Gasteiger partial charge in [-0.2, -0.15) is 13.1 Å². The minimum atomic E-state index is -3.38. The summed E-state index contributed by atoms with van der Waals surface area (Å²) in [5, 5.41) is 0. The molecule has 126 valence electrons. The minimum absolute atomic E-state index is 0.0174. The lowest BCUT2D eigenvalue weighted by molar-refractivity contribution is -0.679. The van der Waals surface area contributed by atoms with E-state index in [-0.39, 0.29) is 11.6 Å². The number of halogens is 1. The van der Waals surface area contributed by atoms with E-state index in [1.807, 2.05) is 36.4 Å². The Hall–Kier alpha value is -2.73. The highest BCUT2D eigenvalue weighted by Gasteiger charge is 2.30. The fourth-order valence-corrected chi connectivity index (χ4v) is 4.09. The molecule has 4 rings (SSSR count). The molecule has 1 aromatic heterocycles. The van der Waals surface area contributed by atoms with Crippen molar-refractivity contribution >= 4 is 15.8 Å². The van der Waals surface area contributed by atoms with Crippen molar-refractivity contribution in [1.82, 2.24) is 0 Å². The van der Waals surface area contributed by atoms with Gasteiger partial charge in [-0.25, -0.2) is 8.96 Å². The third-order valence-corrected chi connectivity index (χ3v) is 5.52.